The van der Waals surface area contributed by atoms with E-state index in [1.807, 2.05) is 0 Å². The van der Waals surface area contributed by atoms with E-state index < -0.39 is 17.5 Å². The Kier molecular flexibility index (Phi) is 3.11. The van der Waals surface area contributed by atoms with Gasteiger partial charge in [0.2, 0.25) is 0 Å². The van der Waals surface area contributed by atoms with Crippen molar-refractivity contribution >= 4 is 21.6 Å². The van der Waals surface area contributed by atoms with Crippen LogP contribution in [0.5, 0.6) is 0 Å². The number of rotatable bonds is 1. The first-order valence-corrected chi connectivity index (χ1v) is 5.49. The Labute approximate surface area is 104 Å². The fourth-order valence-electron chi connectivity index (χ4n) is 1.51. The molecule has 0 aliphatic heterocycles. The fraction of sp³-hybridized carbons (Fsp3) is 0. The van der Waals surface area contributed by atoms with E-state index in [0.717, 1.165) is 6.07 Å². The molecule has 0 heterocycles. The predicted molar refractivity (Wildman–Crippen MR) is 63.9 cm³/mol. The zero-order valence-corrected chi connectivity index (χ0v) is 10.1. The number of halogens is 4. The van der Waals surface area contributed by atoms with E-state index >= 15 is 0 Å². The summed E-state index contributed by atoms with van der Waals surface area (Å²) >= 11 is 3.11. The number of nitrogen functional groups attached to an aromatic ring is 1. The van der Waals surface area contributed by atoms with Gasteiger partial charge in [-0.2, -0.15) is 0 Å². The van der Waals surface area contributed by atoms with Crippen molar-refractivity contribution in [2.45, 2.75) is 0 Å². The number of hydrogen-bond acceptors (Lipinski definition) is 1. The number of anilines is 1. The Morgan fingerprint density at radius 1 is 1.00 bits per heavy atom. The maximum absolute atomic E-state index is 13.8. The normalized spacial score (nSPS) is 10.6. The molecule has 0 radical (unpaired) electrons. The first-order valence-electron chi connectivity index (χ1n) is 4.69. The molecule has 0 aromatic heterocycles. The lowest BCUT2D eigenvalue weighted by atomic mass is 10.0. The summed E-state index contributed by atoms with van der Waals surface area (Å²) in [6, 6.07) is 5.81. The smallest absolute Gasteiger partial charge is 0.155 e. The van der Waals surface area contributed by atoms with Gasteiger partial charge in [-0.3, -0.25) is 0 Å². The van der Waals surface area contributed by atoms with Crippen LogP contribution in [0.15, 0.2) is 34.8 Å². The maximum Gasteiger partial charge on any atom is 0.155 e. The second kappa shape index (κ2) is 4.41. The predicted octanol–water partition coefficient (Wildman–Crippen LogP) is 4.12. The quantitative estimate of drug-likeness (QED) is 0.788. The Balaban J connectivity index is 2.72. The van der Waals surface area contributed by atoms with Gasteiger partial charge in [0.25, 0.3) is 0 Å². The fourth-order valence-corrected chi connectivity index (χ4v) is 2.03. The highest BCUT2D eigenvalue weighted by Crippen LogP contribution is 2.35. The average Bonchev–Trinajstić information content (AvgIpc) is 2.27. The molecule has 0 saturated carbocycles. The number of benzene rings is 2. The minimum absolute atomic E-state index is 0.0116. The molecule has 2 aromatic carbocycles. The topological polar surface area (TPSA) is 26.0 Å². The van der Waals surface area contributed by atoms with Gasteiger partial charge < -0.3 is 5.73 Å². The van der Waals surface area contributed by atoms with Crippen LogP contribution in [0.4, 0.5) is 18.9 Å². The maximum atomic E-state index is 13.8. The van der Waals surface area contributed by atoms with Gasteiger partial charge in [0.15, 0.2) is 5.82 Å². The molecular weight excluding hydrogens is 295 g/mol. The molecule has 2 N–H and O–H groups in total. The minimum atomic E-state index is -0.838. The molecule has 0 aliphatic rings. The van der Waals surface area contributed by atoms with Crippen LogP contribution in [-0.4, -0.2) is 0 Å². The highest BCUT2D eigenvalue weighted by Gasteiger charge is 2.16. The molecule has 0 saturated heterocycles. The van der Waals surface area contributed by atoms with Crippen LogP contribution >= 0.6 is 15.9 Å². The van der Waals surface area contributed by atoms with Crippen molar-refractivity contribution < 1.29 is 13.2 Å². The van der Waals surface area contributed by atoms with E-state index in [2.05, 4.69) is 15.9 Å². The summed E-state index contributed by atoms with van der Waals surface area (Å²) in [6.07, 6.45) is 0. The van der Waals surface area contributed by atoms with Crippen molar-refractivity contribution in [2.75, 3.05) is 5.73 Å². The van der Waals surface area contributed by atoms with Crippen molar-refractivity contribution in [3.63, 3.8) is 0 Å². The Hall–Kier alpha value is -1.49. The van der Waals surface area contributed by atoms with Crippen LogP contribution in [0.25, 0.3) is 11.1 Å². The largest absolute Gasteiger partial charge is 0.396 e. The van der Waals surface area contributed by atoms with Crippen LogP contribution < -0.4 is 5.73 Å². The van der Waals surface area contributed by atoms with Crippen molar-refractivity contribution in [1.29, 1.82) is 0 Å². The third-order valence-corrected chi connectivity index (χ3v) is 2.98. The summed E-state index contributed by atoms with van der Waals surface area (Å²) in [6.45, 7) is 0. The molecule has 88 valence electrons. The SMILES string of the molecule is Nc1ccc(Br)c(-c2ccc(F)cc2F)c1F. The van der Waals surface area contributed by atoms with Crippen LogP contribution in [0.1, 0.15) is 0 Å². The summed E-state index contributed by atoms with van der Waals surface area (Å²) in [4.78, 5) is 0. The molecule has 0 bridgehead atoms. The first-order chi connectivity index (χ1) is 8.00. The van der Waals surface area contributed by atoms with Gasteiger partial charge in [0, 0.05) is 21.7 Å². The van der Waals surface area contributed by atoms with E-state index in [9.17, 15) is 13.2 Å². The van der Waals surface area contributed by atoms with Gasteiger partial charge in [-0.1, -0.05) is 15.9 Å². The number of nitrogens with two attached hydrogens (primary N) is 1. The molecule has 0 amide bonds. The first kappa shape index (κ1) is 12.0. The molecular formula is C12H7BrF3N. The van der Waals surface area contributed by atoms with Crippen molar-refractivity contribution in [1.82, 2.24) is 0 Å². The van der Waals surface area contributed by atoms with E-state index in [0.29, 0.717) is 10.5 Å². The Morgan fingerprint density at radius 2 is 1.71 bits per heavy atom. The Bertz CT molecular complexity index is 584. The zero-order chi connectivity index (χ0) is 12.6. The second-order valence-corrected chi connectivity index (χ2v) is 4.30. The Morgan fingerprint density at radius 3 is 2.35 bits per heavy atom. The lowest BCUT2D eigenvalue weighted by Crippen LogP contribution is -1.96. The lowest BCUT2D eigenvalue weighted by molar-refractivity contribution is 0.583. The average molecular weight is 302 g/mol. The van der Waals surface area contributed by atoms with E-state index in [1.54, 1.807) is 0 Å². The van der Waals surface area contributed by atoms with Gasteiger partial charge >= 0.3 is 0 Å². The third kappa shape index (κ3) is 2.15. The van der Waals surface area contributed by atoms with E-state index in [1.165, 1.54) is 18.2 Å². The van der Waals surface area contributed by atoms with Crippen LogP contribution in [0.2, 0.25) is 0 Å². The molecule has 0 fully saturated rings. The van der Waals surface area contributed by atoms with E-state index in [4.69, 9.17) is 5.73 Å². The van der Waals surface area contributed by atoms with Gasteiger partial charge in [0.1, 0.15) is 11.6 Å². The zero-order valence-electron chi connectivity index (χ0n) is 8.48. The standard InChI is InChI=1S/C12H7BrF3N/c13-8-3-4-10(17)12(16)11(8)7-2-1-6(14)5-9(7)15/h1-5H,17H2. The third-order valence-electron chi connectivity index (χ3n) is 2.32. The van der Waals surface area contributed by atoms with Crippen LogP contribution in [0.3, 0.4) is 0 Å². The van der Waals surface area contributed by atoms with Gasteiger partial charge in [-0.25, -0.2) is 13.2 Å². The summed E-state index contributed by atoms with van der Waals surface area (Å²) < 4.78 is 40.5. The van der Waals surface area contributed by atoms with Gasteiger partial charge in [-0.05, 0) is 24.3 Å². The molecule has 2 rings (SSSR count). The van der Waals surface area contributed by atoms with Crippen molar-refractivity contribution in [3.05, 3.63) is 52.3 Å². The van der Waals surface area contributed by atoms with Crippen LogP contribution in [0, 0.1) is 17.5 Å². The highest BCUT2D eigenvalue weighted by molar-refractivity contribution is 9.10. The highest BCUT2D eigenvalue weighted by atomic mass is 79.9. The second-order valence-electron chi connectivity index (χ2n) is 3.45. The lowest BCUT2D eigenvalue weighted by Gasteiger charge is -2.09. The monoisotopic (exact) mass is 301 g/mol. The molecule has 17 heavy (non-hydrogen) atoms. The van der Waals surface area contributed by atoms with Gasteiger partial charge in [0.05, 0.1) is 5.69 Å². The van der Waals surface area contributed by atoms with Crippen molar-refractivity contribution in [3.8, 4) is 11.1 Å². The van der Waals surface area contributed by atoms with Crippen molar-refractivity contribution in [2.24, 2.45) is 0 Å². The minimum Gasteiger partial charge on any atom is -0.396 e. The molecule has 1 nitrogen and oxygen atoms in total. The molecule has 5 heteroatoms. The van der Waals surface area contributed by atoms with Crippen LogP contribution in [-0.2, 0) is 0 Å². The van der Waals surface area contributed by atoms with E-state index in [-0.39, 0.29) is 16.8 Å². The summed E-state index contributed by atoms with van der Waals surface area (Å²) in [5.74, 6) is -2.29. The molecule has 2 aromatic rings. The molecule has 0 unspecified atom stereocenters. The summed E-state index contributed by atoms with van der Waals surface area (Å²) in [5, 5.41) is 0. The summed E-state index contributed by atoms with van der Waals surface area (Å²) in [5.41, 5.74) is 5.27. The summed E-state index contributed by atoms with van der Waals surface area (Å²) in [7, 11) is 0. The number of hydrogen-bond donors (Lipinski definition) is 1. The molecule has 0 atom stereocenters. The van der Waals surface area contributed by atoms with Gasteiger partial charge in [-0.15, -0.1) is 0 Å². The molecule has 0 aliphatic carbocycles. The molecule has 0 spiro atoms.